The van der Waals surface area contributed by atoms with Crippen LogP contribution in [0, 0.1) is 0 Å². The van der Waals surface area contributed by atoms with Crippen LogP contribution in [0.2, 0.25) is 0 Å². The van der Waals surface area contributed by atoms with Crippen LogP contribution >= 0.6 is 0 Å². The van der Waals surface area contributed by atoms with E-state index in [1.165, 1.54) is 17.5 Å². The summed E-state index contributed by atoms with van der Waals surface area (Å²) in [7, 11) is -0.432. The molecule has 0 radical (unpaired) electrons. The molecule has 0 aliphatic carbocycles. The smallest absolute Gasteiger partial charge is 0.243 e. The number of hydrogen-bond acceptors (Lipinski definition) is 7. The Morgan fingerprint density at radius 3 is 2.83 bits per heavy atom. The molecule has 0 amide bonds. The molecule has 9 heteroatoms. The van der Waals surface area contributed by atoms with Crippen molar-refractivity contribution in [1.29, 1.82) is 0 Å². The predicted octanol–water partition coefficient (Wildman–Crippen LogP) is 1.06. The Morgan fingerprint density at radius 1 is 1.33 bits per heavy atom. The number of sulfonamides is 1. The Balaban J connectivity index is 1.65. The van der Waals surface area contributed by atoms with Gasteiger partial charge in [0.1, 0.15) is 5.75 Å². The van der Waals surface area contributed by atoms with E-state index in [1.807, 2.05) is 0 Å². The molecule has 130 valence electrons. The summed E-state index contributed by atoms with van der Waals surface area (Å²) < 4.78 is 41.8. The van der Waals surface area contributed by atoms with Crippen molar-refractivity contribution >= 4 is 10.0 Å². The first kappa shape index (κ1) is 16.9. The van der Waals surface area contributed by atoms with Gasteiger partial charge in [-0.1, -0.05) is 11.2 Å². The Morgan fingerprint density at radius 2 is 2.12 bits per heavy atom. The highest BCUT2D eigenvalue weighted by Gasteiger charge is 2.40. The van der Waals surface area contributed by atoms with E-state index in [4.69, 9.17) is 14.0 Å². The van der Waals surface area contributed by atoms with E-state index in [9.17, 15) is 8.42 Å². The molecular formula is C15H19N3O5S. The summed E-state index contributed by atoms with van der Waals surface area (Å²) >= 11 is 0. The summed E-state index contributed by atoms with van der Waals surface area (Å²) in [6.07, 6.45) is 0.568. The van der Waals surface area contributed by atoms with Crippen molar-refractivity contribution in [2.45, 2.75) is 17.2 Å². The van der Waals surface area contributed by atoms with Gasteiger partial charge in [-0.2, -0.15) is 9.29 Å². The monoisotopic (exact) mass is 353 g/mol. The van der Waals surface area contributed by atoms with E-state index >= 15 is 0 Å². The lowest BCUT2D eigenvalue weighted by atomic mass is 10.0. The molecule has 0 unspecified atom stereocenters. The van der Waals surface area contributed by atoms with Crippen LogP contribution in [0.25, 0.3) is 0 Å². The zero-order chi connectivity index (χ0) is 17.2. The second-order valence-corrected chi connectivity index (χ2v) is 7.43. The van der Waals surface area contributed by atoms with Gasteiger partial charge >= 0.3 is 0 Å². The summed E-state index contributed by atoms with van der Waals surface area (Å²) in [5.74, 6) is 1.47. The first-order valence-corrected chi connectivity index (χ1v) is 8.94. The second-order valence-electron chi connectivity index (χ2n) is 5.49. The van der Waals surface area contributed by atoms with Gasteiger partial charge in [-0.3, -0.25) is 0 Å². The summed E-state index contributed by atoms with van der Waals surface area (Å²) in [6, 6.07) is 6.43. The van der Waals surface area contributed by atoms with Gasteiger partial charge in [-0.25, -0.2) is 8.42 Å². The average molecular weight is 353 g/mol. The predicted molar refractivity (Wildman–Crippen MR) is 84.4 cm³/mol. The van der Waals surface area contributed by atoms with Crippen LogP contribution in [0.3, 0.4) is 0 Å². The summed E-state index contributed by atoms with van der Waals surface area (Å²) in [4.78, 5) is 4.50. The number of nitrogens with zero attached hydrogens (tertiary/aromatic N) is 3. The van der Waals surface area contributed by atoms with Crippen LogP contribution in [-0.2, 0) is 21.2 Å². The molecule has 0 bridgehead atoms. The van der Waals surface area contributed by atoms with Gasteiger partial charge in [-0.05, 0) is 12.1 Å². The molecule has 0 spiro atoms. The number of ether oxygens (including phenoxy) is 2. The number of hydrogen-bond donors (Lipinski definition) is 0. The van der Waals surface area contributed by atoms with Gasteiger partial charge in [0.15, 0.2) is 5.82 Å². The van der Waals surface area contributed by atoms with Crippen molar-refractivity contribution in [3.63, 3.8) is 0 Å². The maximum absolute atomic E-state index is 12.6. The van der Waals surface area contributed by atoms with Crippen LogP contribution in [0.5, 0.6) is 5.75 Å². The maximum Gasteiger partial charge on any atom is 0.243 e. The SMILES string of the molecule is COCCc1noc(C2CN(S(=O)(=O)c3cccc(OC)c3)C2)n1. The Kier molecular flexibility index (Phi) is 4.83. The fourth-order valence-corrected chi connectivity index (χ4v) is 4.00. The van der Waals surface area contributed by atoms with Crippen molar-refractivity contribution in [3.05, 3.63) is 36.0 Å². The second kappa shape index (κ2) is 6.88. The van der Waals surface area contributed by atoms with Crippen LogP contribution < -0.4 is 4.74 Å². The van der Waals surface area contributed by atoms with E-state index < -0.39 is 10.0 Å². The minimum absolute atomic E-state index is 0.0748. The molecule has 1 aromatic carbocycles. The Bertz CT molecular complexity index is 799. The van der Waals surface area contributed by atoms with Crippen LogP contribution in [-0.4, -0.2) is 56.8 Å². The molecule has 2 heterocycles. The molecule has 8 nitrogen and oxygen atoms in total. The molecule has 0 N–H and O–H groups in total. The highest BCUT2D eigenvalue weighted by atomic mass is 32.2. The summed E-state index contributed by atoms with van der Waals surface area (Å²) in [5, 5.41) is 3.87. The first-order chi connectivity index (χ1) is 11.5. The maximum atomic E-state index is 12.6. The molecule has 1 aliphatic rings. The lowest BCUT2D eigenvalue weighted by Crippen LogP contribution is -2.48. The highest BCUT2D eigenvalue weighted by Crippen LogP contribution is 2.32. The summed E-state index contributed by atoms with van der Waals surface area (Å²) in [5.41, 5.74) is 0. The van der Waals surface area contributed by atoms with Gasteiger partial charge in [0.05, 0.1) is 24.5 Å². The molecule has 2 aromatic rings. The molecule has 0 atom stereocenters. The Hall–Kier alpha value is -1.97. The topological polar surface area (TPSA) is 94.8 Å². The lowest BCUT2D eigenvalue weighted by molar-refractivity contribution is 0.199. The van der Waals surface area contributed by atoms with Crippen molar-refractivity contribution in [2.24, 2.45) is 0 Å². The summed E-state index contributed by atoms with van der Waals surface area (Å²) in [6.45, 7) is 1.16. The number of methoxy groups -OCH3 is 2. The van der Waals surface area contributed by atoms with Gasteiger partial charge < -0.3 is 14.0 Å². The zero-order valence-corrected chi connectivity index (χ0v) is 14.3. The zero-order valence-electron chi connectivity index (χ0n) is 13.5. The minimum Gasteiger partial charge on any atom is -0.497 e. The van der Waals surface area contributed by atoms with Crippen molar-refractivity contribution in [1.82, 2.24) is 14.4 Å². The van der Waals surface area contributed by atoms with E-state index in [0.29, 0.717) is 43.6 Å². The molecule has 1 fully saturated rings. The van der Waals surface area contributed by atoms with Crippen molar-refractivity contribution < 1.29 is 22.4 Å². The van der Waals surface area contributed by atoms with Crippen molar-refractivity contribution in [2.75, 3.05) is 33.9 Å². The third-order valence-electron chi connectivity index (χ3n) is 3.89. The van der Waals surface area contributed by atoms with Crippen LogP contribution in [0.1, 0.15) is 17.6 Å². The third kappa shape index (κ3) is 3.28. The van der Waals surface area contributed by atoms with E-state index in [0.717, 1.165) is 0 Å². The molecule has 3 rings (SSSR count). The fraction of sp³-hybridized carbons (Fsp3) is 0.467. The van der Waals surface area contributed by atoms with Gasteiger partial charge in [0, 0.05) is 32.7 Å². The van der Waals surface area contributed by atoms with E-state index in [-0.39, 0.29) is 10.8 Å². The van der Waals surface area contributed by atoms with E-state index in [1.54, 1.807) is 25.3 Å². The quantitative estimate of drug-likeness (QED) is 0.734. The first-order valence-electron chi connectivity index (χ1n) is 7.50. The number of aromatic nitrogens is 2. The molecule has 1 aromatic heterocycles. The van der Waals surface area contributed by atoms with Crippen molar-refractivity contribution in [3.8, 4) is 5.75 Å². The largest absolute Gasteiger partial charge is 0.497 e. The average Bonchev–Trinajstić information content (AvgIpc) is 2.99. The normalized spacial score (nSPS) is 16.1. The van der Waals surface area contributed by atoms with Gasteiger partial charge in [-0.15, -0.1) is 0 Å². The van der Waals surface area contributed by atoms with E-state index in [2.05, 4.69) is 10.1 Å². The highest BCUT2D eigenvalue weighted by molar-refractivity contribution is 7.89. The Labute approximate surface area is 140 Å². The standard InChI is InChI=1S/C15H19N3O5S/c1-21-7-6-14-16-15(23-17-14)11-9-18(10-11)24(19,20)13-5-3-4-12(8-13)22-2/h3-5,8,11H,6-7,9-10H2,1-2H3. The van der Waals surface area contributed by atoms with Gasteiger partial charge in [0.25, 0.3) is 0 Å². The fourth-order valence-electron chi connectivity index (χ4n) is 2.43. The molecule has 0 saturated carbocycles. The lowest BCUT2D eigenvalue weighted by Gasteiger charge is -2.35. The van der Waals surface area contributed by atoms with Crippen LogP contribution in [0.15, 0.2) is 33.7 Å². The number of rotatable bonds is 7. The molecule has 1 saturated heterocycles. The third-order valence-corrected chi connectivity index (χ3v) is 5.72. The van der Waals surface area contributed by atoms with Gasteiger partial charge in [0.2, 0.25) is 15.9 Å². The molecular weight excluding hydrogens is 334 g/mol. The molecule has 1 aliphatic heterocycles. The number of benzene rings is 1. The minimum atomic E-state index is -3.54. The van der Waals surface area contributed by atoms with Crippen LogP contribution in [0.4, 0.5) is 0 Å². The molecule has 24 heavy (non-hydrogen) atoms.